The molecule has 0 aliphatic heterocycles. The topological polar surface area (TPSA) is 91.1 Å². The maximum Gasteiger partial charge on any atom is 0.491 e. The first-order valence-corrected chi connectivity index (χ1v) is 5.84. The maximum atomic E-state index is 12.0. The van der Waals surface area contributed by atoms with E-state index in [0.717, 1.165) is 4.68 Å². The van der Waals surface area contributed by atoms with Crippen molar-refractivity contribution in [3.8, 4) is 0 Å². The Morgan fingerprint density at radius 1 is 1.32 bits per heavy atom. The van der Waals surface area contributed by atoms with E-state index in [9.17, 15) is 27.6 Å². The first-order chi connectivity index (χ1) is 10.2. The number of Topliss-reactive ketones (excluding diaryl/α,β-unsaturated/α-hetero) is 1. The predicted molar refractivity (Wildman–Crippen MR) is 64.7 cm³/mol. The Kier molecular flexibility index (Phi) is 3.93. The molecule has 2 heterocycles. The molecule has 2 rings (SSSR count). The molecule has 0 aliphatic carbocycles. The summed E-state index contributed by atoms with van der Waals surface area (Å²) in [6.07, 6.45) is -3.92. The zero-order chi connectivity index (χ0) is 16.5. The molecule has 0 radical (unpaired) electrons. The summed E-state index contributed by atoms with van der Waals surface area (Å²) in [6, 6.07) is 3.06. The number of pyridine rings is 1. The van der Waals surface area contributed by atoms with Crippen LogP contribution in [0, 0.1) is 0 Å². The van der Waals surface area contributed by atoms with E-state index in [1.165, 1.54) is 25.3 Å². The zero-order valence-corrected chi connectivity index (χ0v) is 11.0. The number of esters is 2. The number of hydrogen-bond acceptors (Lipinski definition) is 6. The van der Waals surface area contributed by atoms with Crippen LogP contribution in [0.3, 0.4) is 0 Å². The number of fused-ring (bicyclic) bond motifs is 1. The van der Waals surface area contributed by atoms with Crippen molar-refractivity contribution < 1.29 is 32.3 Å². The van der Waals surface area contributed by atoms with Crippen molar-refractivity contribution in [2.24, 2.45) is 0 Å². The molecule has 0 atom stereocenters. The third kappa shape index (κ3) is 3.10. The Hall–Kier alpha value is -2.78. The van der Waals surface area contributed by atoms with Gasteiger partial charge in [0.2, 0.25) is 0 Å². The van der Waals surface area contributed by atoms with E-state index in [1.807, 2.05) is 0 Å². The number of carbonyl (C=O) groups is 3. The number of rotatable bonds is 3. The van der Waals surface area contributed by atoms with E-state index in [-0.39, 0.29) is 11.3 Å². The first kappa shape index (κ1) is 15.6. The molecular formula is C12H8F3N3O4. The van der Waals surface area contributed by atoms with Crippen LogP contribution in [0.25, 0.3) is 11.0 Å². The molecular weight excluding hydrogens is 307 g/mol. The molecule has 0 spiro atoms. The van der Waals surface area contributed by atoms with Crippen LogP contribution < -0.4 is 0 Å². The number of aromatic nitrogens is 3. The number of ketones is 1. The summed E-state index contributed by atoms with van der Waals surface area (Å²) in [5, 5.41) is 4.15. The lowest BCUT2D eigenvalue weighted by molar-refractivity contribution is -0.202. The predicted octanol–water partition coefficient (Wildman–Crippen LogP) is 1.27. The molecule has 7 nitrogen and oxygen atoms in total. The van der Waals surface area contributed by atoms with Gasteiger partial charge in [0, 0.05) is 13.1 Å². The normalized spacial score (nSPS) is 11.5. The molecule has 0 N–H and O–H groups in total. The highest BCUT2D eigenvalue weighted by atomic mass is 19.4. The smallest absolute Gasteiger partial charge is 0.385 e. The lowest BCUT2D eigenvalue weighted by atomic mass is 10.2. The van der Waals surface area contributed by atoms with Crippen LogP contribution in [0.2, 0.25) is 0 Å². The van der Waals surface area contributed by atoms with Gasteiger partial charge >= 0.3 is 18.1 Å². The summed E-state index contributed by atoms with van der Waals surface area (Å²) < 4.78 is 40.6. The van der Waals surface area contributed by atoms with Crippen LogP contribution in [0.4, 0.5) is 13.2 Å². The van der Waals surface area contributed by atoms with Crippen molar-refractivity contribution in [1.82, 2.24) is 14.8 Å². The Bertz CT molecular complexity index is 767. The fourth-order valence-electron chi connectivity index (χ4n) is 1.70. The second-order valence-corrected chi connectivity index (χ2v) is 4.20. The Balaban J connectivity index is 2.27. The van der Waals surface area contributed by atoms with Gasteiger partial charge in [0.1, 0.15) is 12.2 Å². The van der Waals surface area contributed by atoms with Gasteiger partial charge in [-0.25, -0.2) is 19.3 Å². The highest BCUT2D eigenvalue weighted by Crippen LogP contribution is 2.18. The second kappa shape index (κ2) is 5.54. The maximum absolute atomic E-state index is 12.0. The van der Waals surface area contributed by atoms with Crippen molar-refractivity contribution in [1.29, 1.82) is 0 Å². The van der Waals surface area contributed by atoms with E-state index in [1.54, 1.807) is 0 Å². The van der Waals surface area contributed by atoms with Gasteiger partial charge in [-0.2, -0.15) is 18.3 Å². The van der Waals surface area contributed by atoms with Crippen molar-refractivity contribution in [2.45, 2.75) is 19.6 Å². The van der Waals surface area contributed by atoms with Crippen molar-refractivity contribution in [2.75, 3.05) is 0 Å². The lowest BCUT2D eigenvalue weighted by Gasteiger charge is -2.05. The minimum absolute atomic E-state index is 0.0121. The molecule has 116 valence electrons. The van der Waals surface area contributed by atoms with Gasteiger partial charge in [0.05, 0.1) is 5.39 Å². The molecule has 0 bridgehead atoms. The Morgan fingerprint density at radius 3 is 2.59 bits per heavy atom. The van der Waals surface area contributed by atoms with Gasteiger partial charge < -0.3 is 4.74 Å². The largest absolute Gasteiger partial charge is 0.491 e. The van der Waals surface area contributed by atoms with Crippen molar-refractivity contribution in [3.05, 3.63) is 24.0 Å². The number of halogens is 3. The monoisotopic (exact) mass is 315 g/mol. The highest BCUT2D eigenvalue weighted by molar-refractivity contribution is 6.04. The van der Waals surface area contributed by atoms with Crippen LogP contribution >= 0.6 is 0 Å². The van der Waals surface area contributed by atoms with Gasteiger partial charge in [-0.05, 0) is 12.1 Å². The Labute approximate surface area is 120 Å². The van der Waals surface area contributed by atoms with Crippen molar-refractivity contribution >= 4 is 28.8 Å². The highest BCUT2D eigenvalue weighted by Gasteiger charge is 2.42. The molecule has 0 fully saturated rings. The zero-order valence-electron chi connectivity index (χ0n) is 11.0. The number of nitrogens with zero attached hydrogens (tertiary/aromatic N) is 3. The van der Waals surface area contributed by atoms with E-state index in [0.29, 0.717) is 5.39 Å². The van der Waals surface area contributed by atoms with Gasteiger partial charge in [-0.3, -0.25) is 4.79 Å². The molecule has 2 aromatic heterocycles. The lowest BCUT2D eigenvalue weighted by Crippen LogP contribution is -2.29. The molecule has 22 heavy (non-hydrogen) atoms. The SMILES string of the molecule is CC(=O)c1nn(CC(=O)OC(=O)C(F)(F)F)c2ncccc12. The summed E-state index contributed by atoms with van der Waals surface area (Å²) in [4.78, 5) is 37.3. The molecule has 0 unspecified atom stereocenters. The van der Waals surface area contributed by atoms with E-state index < -0.39 is 30.4 Å². The van der Waals surface area contributed by atoms with Crippen LogP contribution in [0.15, 0.2) is 18.3 Å². The fourth-order valence-corrected chi connectivity index (χ4v) is 1.70. The average molecular weight is 315 g/mol. The summed E-state index contributed by atoms with van der Waals surface area (Å²) >= 11 is 0. The Morgan fingerprint density at radius 2 is 2.00 bits per heavy atom. The molecule has 0 aliphatic rings. The van der Waals surface area contributed by atoms with Crippen LogP contribution in [0.5, 0.6) is 0 Å². The third-order valence-corrected chi connectivity index (χ3v) is 2.56. The van der Waals surface area contributed by atoms with Crippen LogP contribution in [-0.4, -0.2) is 38.7 Å². The quantitative estimate of drug-likeness (QED) is 0.481. The van der Waals surface area contributed by atoms with Gasteiger partial charge in [0.25, 0.3) is 0 Å². The molecule has 0 saturated heterocycles. The minimum Gasteiger partial charge on any atom is -0.385 e. The number of carbonyl (C=O) groups excluding carboxylic acids is 3. The van der Waals surface area contributed by atoms with Crippen molar-refractivity contribution in [3.63, 3.8) is 0 Å². The van der Waals surface area contributed by atoms with Gasteiger partial charge in [-0.15, -0.1) is 0 Å². The van der Waals surface area contributed by atoms with Crippen LogP contribution in [0.1, 0.15) is 17.4 Å². The molecule has 0 aromatic carbocycles. The standard InChI is InChI=1S/C12H8F3N3O4/c1-6(19)9-7-3-2-4-16-10(7)18(17-9)5-8(20)22-11(21)12(13,14)15/h2-4H,5H2,1H3. The van der Waals surface area contributed by atoms with E-state index in [4.69, 9.17) is 0 Å². The van der Waals surface area contributed by atoms with E-state index in [2.05, 4.69) is 14.8 Å². The summed E-state index contributed by atoms with van der Waals surface area (Å²) in [7, 11) is 0. The molecule has 10 heteroatoms. The summed E-state index contributed by atoms with van der Waals surface area (Å²) in [6.45, 7) is 0.452. The second-order valence-electron chi connectivity index (χ2n) is 4.20. The summed E-state index contributed by atoms with van der Waals surface area (Å²) in [5.74, 6) is -4.49. The fraction of sp³-hybridized carbons (Fsp3) is 0.250. The van der Waals surface area contributed by atoms with Gasteiger partial charge in [0.15, 0.2) is 11.4 Å². The number of hydrogen-bond donors (Lipinski definition) is 0. The molecule has 2 aromatic rings. The number of ether oxygens (including phenoxy) is 1. The first-order valence-electron chi connectivity index (χ1n) is 5.84. The van der Waals surface area contributed by atoms with Crippen LogP contribution in [-0.2, 0) is 20.9 Å². The average Bonchev–Trinajstić information content (AvgIpc) is 2.77. The molecule has 0 amide bonds. The summed E-state index contributed by atoms with van der Waals surface area (Å²) in [5.41, 5.74) is 0.127. The molecule has 0 saturated carbocycles. The third-order valence-electron chi connectivity index (χ3n) is 2.56. The van der Waals surface area contributed by atoms with Gasteiger partial charge in [-0.1, -0.05) is 0 Å². The van der Waals surface area contributed by atoms with E-state index >= 15 is 0 Å². The minimum atomic E-state index is -5.27. The number of alkyl halides is 3.